The average molecular weight is 461 g/mol. The number of halogens is 7. The van der Waals surface area contributed by atoms with Gasteiger partial charge in [-0.25, -0.2) is 9.18 Å². The second-order valence-corrected chi connectivity index (χ2v) is 7.78. The largest absolute Gasteiger partial charge is 0.416 e. The number of nitrogens with one attached hydrogen (secondary N) is 1. The number of nitrogens with zero attached hydrogens (tertiary/aromatic N) is 2. The first-order chi connectivity index (χ1) is 14.9. The highest BCUT2D eigenvalue weighted by Crippen LogP contribution is 2.39. The zero-order chi connectivity index (χ0) is 23.3. The van der Waals surface area contributed by atoms with E-state index in [1.54, 1.807) is 12.1 Å². The summed E-state index contributed by atoms with van der Waals surface area (Å²) < 4.78 is 92.4. The Morgan fingerprint density at radius 3 is 2.00 bits per heavy atom. The van der Waals surface area contributed by atoms with Crippen molar-refractivity contribution in [1.82, 2.24) is 10.2 Å². The molecule has 0 radical (unpaired) electrons. The van der Waals surface area contributed by atoms with Gasteiger partial charge in [0.1, 0.15) is 5.82 Å². The van der Waals surface area contributed by atoms with Crippen LogP contribution in [-0.4, -0.2) is 43.2 Å². The highest BCUT2D eigenvalue weighted by atomic mass is 19.4. The molecule has 4 nitrogen and oxygen atoms in total. The Labute approximate surface area is 178 Å². The molecule has 2 aliphatic rings. The number of hydrogen-bond acceptors (Lipinski definition) is 2. The van der Waals surface area contributed by atoms with Gasteiger partial charge in [-0.05, 0) is 35.9 Å². The first kappa shape index (κ1) is 22.4. The van der Waals surface area contributed by atoms with Gasteiger partial charge < -0.3 is 10.2 Å². The molecule has 2 saturated heterocycles. The second-order valence-electron chi connectivity index (χ2n) is 7.78. The van der Waals surface area contributed by atoms with E-state index < -0.39 is 41.0 Å². The lowest BCUT2D eigenvalue weighted by molar-refractivity contribution is -0.143. The fourth-order valence-corrected chi connectivity index (χ4v) is 4.24. The Kier molecular flexibility index (Phi) is 5.56. The van der Waals surface area contributed by atoms with E-state index in [2.05, 4.69) is 5.32 Å². The van der Waals surface area contributed by atoms with Crippen molar-refractivity contribution in [2.45, 2.75) is 24.3 Å². The van der Waals surface area contributed by atoms with Crippen molar-refractivity contribution < 1.29 is 35.5 Å². The zero-order valence-corrected chi connectivity index (χ0v) is 16.5. The number of hydrogen-bond donors (Lipinski definition) is 1. The summed E-state index contributed by atoms with van der Waals surface area (Å²) in [7, 11) is 0. The molecule has 2 amide bonds. The van der Waals surface area contributed by atoms with Crippen LogP contribution in [0.3, 0.4) is 0 Å². The minimum atomic E-state index is -5.00. The van der Waals surface area contributed by atoms with E-state index in [0.29, 0.717) is 25.2 Å². The van der Waals surface area contributed by atoms with E-state index >= 15 is 0 Å². The number of rotatable bonds is 3. The van der Waals surface area contributed by atoms with Crippen LogP contribution in [-0.2, 0) is 12.4 Å². The molecule has 2 heterocycles. The summed E-state index contributed by atoms with van der Waals surface area (Å²) in [5.74, 6) is -0.601. The summed E-state index contributed by atoms with van der Waals surface area (Å²) in [6.07, 6.45) is -10.00. The first-order valence-electron chi connectivity index (χ1n) is 9.79. The first-order valence-corrected chi connectivity index (χ1v) is 9.79. The van der Waals surface area contributed by atoms with Gasteiger partial charge in [0, 0.05) is 37.8 Å². The SMILES string of the molecule is O=C1N(c2cc(C(F)(F)F)cc(C(F)(F)F)c2)CCN1C1CNCC1c1ccc(F)cc1. The van der Waals surface area contributed by atoms with Gasteiger partial charge in [-0.1, -0.05) is 12.1 Å². The summed E-state index contributed by atoms with van der Waals surface area (Å²) in [6, 6.07) is 5.90. The third kappa shape index (κ3) is 4.25. The molecule has 2 aliphatic heterocycles. The third-order valence-electron chi connectivity index (χ3n) is 5.81. The normalized spacial score (nSPS) is 22.2. The van der Waals surface area contributed by atoms with Crippen LogP contribution >= 0.6 is 0 Å². The highest BCUT2D eigenvalue weighted by Gasteiger charge is 2.43. The Balaban J connectivity index is 1.63. The lowest BCUT2D eigenvalue weighted by Crippen LogP contribution is -2.43. The Morgan fingerprint density at radius 1 is 0.844 bits per heavy atom. The quantitative estimate of drug-likeness (QED) is 0.663. The number of carbonyl (C=O) groups is 1. The van der Waals surface area contributed by atoms with Gasteiger partial charge in [0.2, 0.25) is 0 Å². The summed E-state index contributed by atoms with van der Waals surface area (Å²) in [5, 5.41) is 3.14. The van der Waals surface area contributed by atoms with Crippen molar-refractivity contribution in [3.63, 3.8) is 0 Å². The lowest BCUT2D eigenvalue weighted by Gasteiger charge is -2.29. The minimum absolute atomic E-state index is 0.0350. The van der Waals surface area contributed by atoms with Crippen LogP contribution in [0.25, 0.3) is 0 Å². The van der Waals surface area contributed by atoms with E-state index in [0.717, 1.165) is 10.5 Å². The summed E-state index contributed by atoms with van der Waals surface area (Å²) >= 11 is 0. The molecule has 2 aromatic carbocycles. The van der Waals surface area contributed by atoms with Gasteiger partial charge in [-0.15, -0.1) is 0 Å². The van der Waals surface area contributed by atoms with Crippen LogP contribution in [0.4, 0.5) is 41.2 Å². The molecule has 0 saturated carbocycles. The number of alkyl halides is 6. The second kappa shape index (κ2) is 7.95. The van der Waals surface area contributed by atoms with Gasteiger partial charge in [0.05, 0.1) is 17.2 Å². The molecule has 0 aromatic heterocycles. The molecule has 172 valence electrons. The van der Waals surface area contributed by atoms with Gasteiger partial charge in [0.15, 0.2) is 0 Å². The van der Waals surface area contributed by atoms with Gasteiger partial charge in [-0.2, -0.15) is 26.3 Å². The van der Waals surface area contributed by atoms with Crippen molar-refractivity contribution in [2.75, 3.05) is 31.1 Å². The van der Waals surface area contributed by atoms with E-state index in [4.69, 9.17) is 0 Å². The number of amides is 2. The maximum Gasteiger partial charge on any atom is 0.416 e. The smallest absolute Gasteiger partial charge is 0.318 e. The number of carbonyl (C=O) groups excluding carboxylic acids is 1. The highest BCUT2D eigenvalue weighted by molar-refractivity contribution is 5.94. The maximum atomic E-state index is 13.3. The standard InChI is InChI=1S/C21H18F7N3O/c22-15-3-1-12(2-4-15)17-10-29-11-18(17)31-6-5-30(19(31)32)16-8-13(20(23,24)25)7-14(9-16)21(26,27)28/h1-4,7-9,17-18,29H,5-6,10-11H2. The molecule has 11 heteroatoms. The van der Waals surface area contributed by atoms with E-state index in [1.807, 2.05) is 0 Å². The van der Waals surface area contributed by atoms with Crippen LogP contribution in [0.15, 0.2) is 42.5 Å². The van der Waals surface area contributed by atoms with Crippen molar-refractivity contribution >= 4 is 11.7 Å². The maximum absolute atomic E-state index is 13.3. The average Bonchev–Trinajstić information content (AvgIpc) is 3.33. The van der Waals surface area contributed by atoms with Crippen molar-refractivity contribution in [2.24, 2.45) is 0 Å². The van der Waals surface area contributed by atoms with E-state index in [1.165, 1.54) is 17.0 Å². The van der Waals surface area contributed by atoms with Crippen LogP contribution in [0.5, 0.6) is 0 Å². The molecule has 32 heavy (non-hydrogen) atoms. The van der Waals surface area contributed by atoms with Crippen molar-refractivity contribution in [1.29, 1.82) is 0 Å². The van der Waals surface area contributed by atoms with Gasteiger partial charge in [-0.3, -0.25) is 4.90 Å². The van der Waals surface area contributed by atoms with Crippen molar-refractivity contribution in [3.05, 3.63) is 65.0 Å². The molecule has 2 atom stereocenters. The van der Waals surface area contributed by atoms with E-state index in [-0.39, 0.29) is 31.1 Å². The van der Waals surface area contributed by atoms with Crippen LogP contribution < -0.4 is 10.2 Å². The van der Waals surface area contributed by atoms with E-state index in [9.17, 15) is 35.5 Å². The Hall–Kier alpha value is -2.82. The van der Waals surface area contributed by atoms with Crippen LogP contribution in [0.2, 0.25) is 0 Å². The number of benzene rings is 2. The molecular weight excluding hydrogens is 443 g/mol. The lowest BCUT2D eigenvalue weighted by atomic mass is 9.93. The van der Waals surface area contributed by atoms with Gasteiger partial charge >= 0.3 is 18.4 Å². The molecule has 0 spiro atoms. The Bertz CT molecular complexity index is 972. The molecule has 2 aromatic rings. The van der Waals surface area contributed by atoms with Crippen LogP contribution in [0, 0.1) is 5.82 Å². The van der Waals surface area contributed by atoms with Crippen molar-refractivity contribution in [3.8, 4) is 0 Å². The molecule has 4 rings (SSSR count). The Morgan fingerprint density at radius 2 is 1.44 bits per heavy atom. The predicted octanol–water partition coefficient (Wildman–Crippen LogP) is 4.86. The summed E-state index contributed by atoms with van der Waals surface area (Å²) in [4.78, 5) is 15.4. The molecule has 1 N–H and O–H groups in total. The minimum Gasteiger partial charge on any atom is -0.318 e. The molecular formula is C21H18F7N3O. The topological polar surface area (TPSA) is 35.6 Å². The fourth-order valence-electron chi connectivity index (χ4n) is 4.24. The van der Waals surface area contributed by atoms with Crippen LogP contribution in [0.1, 0.15) is 22.6 Å². The molecule has 0 aliphatic carbocycles. The monoisotopic (exact) mass is 461 g/mol. The summed E-state index contributed by atoms with van der Waals surface area (Å²) in [6.45, 7) is 0.991. The zero-order valence-electron chi connectivity index (χ0n) is 16.5. The number of urea groups is 1. The number of anilines is 1. The third-order valence-corrected chi connectivity index (χ3v) is 5.81. The molecule has 2 unspecified atom stereocenters. The summed E-state index contributed by atoms with van der Waals surface area (Å²) in [5.41, 5.74) is -2.62. The molecule has 2 fully saturated rings. The molecule has 0 bridgehead atoms. The van der Waals surface area contributed by atoms with Gasteiger partial charge in [0.25, 0.3) is 0 Å². The predicted molar refractivity (Wildman–Crippen MR) is 102 cm³/mol. The fraction of sp³-hybridized carbons (Fsp3) is 0.381.